The molecule has 0 aromatic heterocycles. The molecule has 0 N–H and O–H groups in total. The zero-order valence-electron chi connectivity index (χ0n) is 16.5. The van der Waals surface area contributed by atoms with Gasteiger partial charge in [0.15, 0.2) is 6.61 Å². The summed E-state index contributed by atoms with van der Waals surface area (Å²) in [5.41, 5.74) is 3.37. The molecule has 0 saturated heterocycles. The van der Waals surface area contributed by atoms with E-state index < -0.39 is 5.97 Å². The average molecular weight is 370 g/mol. The highest BCUT2D eigenvalue weighted by atomic mass is 16.5. The Morgan fingerprint density at radius 3 is 2.26 bits per heavy atom. The van der Waals surface area contributed by atoms with Crippen molar-refractivity contribution in [2.75, 3.05) is 39.8 Å². The van der Waals surface area contributed by atoms with Crippen molar-refractivity contribution in [2.24, 2.45) is 0 Å². The summed E-state index contributed by atoms with van der Waals surface area (Å²) in [6.07, 6.45) is 0. The van der Waals surface area contributed by atoms with E-state index >= 15 is 0 Å². The van der Waals surface area contributed by atoms with Gasteiger partial charge in [0.25, 0.3) is 5.91 Å². The van der Waals surface area contributed by atoms with Gasteiger partial charge < -0.3 is 19.3 Å². The molecule has 0 bridgehead atoms. The molecule has 0 saturated carbocycles. The van der Waals surface area contributed by atoms with Crippen molar-refractivity contribution >= 4 is 17.6 Å². The van der Waals surface area contributed by atoms with Crippen molar-refractivity contribution in [1.82, 2.24) is 4.90 Å². The van der Waals surface area contributed by atoms with Crippen LogP contribution in [0.3, 0.4) is 0 Å². The normalized spacial score (nSPS) is 10.3. The molecule has 0 heterocycles. The lowest BCUT2D eigenvalue weighted by Crippen LogP contribution is -2.30. The molecule has 0 spiro atoms. The number of hydrogen-bond donors (Lipinski definition) is 0. The predicted octanol–water partition coefficient (Wildman–Crippen LogP) is 2.89. The molecular formula is C21H26N2O4. The smallest absolute Gasteiger partial charge is 0.338 e. The standard InChI is InChI=1S/C21H26N2O4/c1-15-6-9-17(12-19(15)26-5)21(25)27-14-20(24)23(4)13-16-7-10-18(11-8-16)22(2)3/h6-12H,13-14H2,1-5H3. The van der Waals surface area contributed by atoms with E-state index in [-0.39, 0.29) is 12.5 Å². The summed E-state index contributed by atoms with van der Waals surface area (Å²) in [5, 5.41) is 0. The van der Waals surface area contributed by atoms with Crippen molar-refractivity contribution < 1.29 is 19.1 Å². The lowest BCUT2D eigenvalue weighted by molar-refractivity contribution is -0.133. The monoisotopic (exact) mass is 370 g/mol. The van der Waals surface area contributed by atoms with E-state index in [1.54, 1.807) is 32.4 Å². The van der Waals surface area contributed by atoms with Crippen LogP contribution in [-0.4, -0.2) is 51.6 Å². The third kappa shape index (κ3) is 5.48. The first-order valence-corrected chi connectivity index (χ1v) is 8.64. The Morgan fingerprint density at radius 2 is 1.67 bits per heavy atom. The number of anilines is 1. The number of carbonyl (C=O) groups excluding carboxylic acids is 2. The van der Waals surface area contributed by atoms with Gasteiger partial charge in [0.1, 0.15) is 5.75 Å². The molecular weight excluding hydrogens is 344 g/mol. The summed E-state index contributed by atoms with van der Waals surface area (Å²) in [6, 6.07) is 13.0. The number of aryl methyl sites for hydroxylation is 1. The maximum absolute atomic E-state index is 12.3. The lowest BCUT2D eigenvalue weighted by atomic mass is 10.1. The molecule has 0 fully saturated rings. The van der Waals surface area contributed by atoms with Gasteiger partial charge in [-0.1, -0.05) is 18.2 Å². The van der Waals surface area contributed by atoms with Crippen LogP contribution in [0, 0.1) is 6.92 Å². The molecule has 2 rings (SSSR count). The maximum Gasteiger partial charge on any atom is 0.338 e. The molecule has 0 radical (unpaired) electrons. The van der Waals surface area contributed by atoms with Crippen LogP contribution < -0.4 is 9.64 Å². The topological polar surface area (TPSA) is 59.1 Å². The van der Waals surface area contributed by atoms with Gasteiger partial charge in [0.2, 0.25) is 0 Å². The van der Waals surface area contributed by atoms with Crippen molar-refractivity contribution in [2.45, 2.75) is 13.5 Å². The first kappa shape index (κ1) is 20.3. The Morgan fingerprint density at radius 1 is 1.00 bits per heavy atom. The molecule has 0 unspecified atom stereocenters. The van der Waals surface area contributed by atoms with Gasteiger partial charge in [-0.2, -0.15) is 0 Å². The lowest BCUT2D eigenvalue weighted by Gasteiger charge is -2.18. The summed E-state index contributed by atoms with van der Waals surface area (Å²) in [5.74, 6) is -0.210. The molecule has 144 valence electrons. The van der Waals surface area contributed by atoms with E-state index in [0.717, 1.165) is 16.8 Å². The minimum Gasteiger partial charge on any atom is -0.496 e. The molecule has 6 nitrogen and oxygen atoms in total. The van der Waals surface area contributed by atoms with Gasteiger partial charge in [-0.25, -0.2) is 4.79 Å². The van der Waals surface area contributed by atoms with Gasteiger partial charge in [0.05, 0.1) is 12.7 Å². The first-order valence-electron chi connectivity index (χ1n) is 8.64. The number of likely N-dealkylation sites (N-methyl/N-ethyl adjacent to an activating group) is 1. The van der Waals surface area contributed by atoms with E-state index in [4.69, 9.17) is 9.47 Å². The Balaban J connectivity index is 1.89. The quantitative estimate of drug-likeness (QED) is 0.702. The van der Waals surface area contributed by atoms with Crippen LogP contribution in [0.2, 0.25) is 0 Å². The third-order valence-electron chi connectivity index (χ3n) is 4.27. The number of methoxy groups -OCH3 is 1. The molecule has 27 heavy (non-hydrogen) atoms. The van der Waals surface area contributed by atoms with Crippen LogP contribution in [-0.2, 0) is 16.1 Å². The van der Waals surface area contributed by atoms with Gasteiger partial charge in [-0.3, -0.25) is 4.79 Å². The molecule has 2 aromatic carbocycles. The minimum absolute atomic E-state index is 0.265. The average Bonchev–Trinajstić information content (AvgIpc) is 2.66. The number of carbonyl (C=O) groups is 2. The molecule has 1 amide bonds. The summed E-state index contributed by atoms with van der Waals surface area (Å²) < 4.78 is 10.3. The Labute approximate surface area is 160 Å². The highest BCUT2D eigenvalue weighted by molar-refractivity contribution is 5.91. The number of benzene rings is 2. The number of nitrogens with zero attached hydrogens (tertiary/aromatic N) is 2. The number of amides is 1. The van der Waals surface area contributed by atoms with Crippen LogP contribution >= 0.6 is 0 Å². The SMILES string of the molecule is COc1cc(C(=O)OCC(=O)N(C)Cc2ccc(N(C)C)cc2)ccc1C. The van der Waals surface area contributed by atoms with Crippen molar-refractivity contribution in [3.63, 3.8) is 0 Å². The largest absolute Gasteiger partial charge is 0.496 e. The molecule has 6 heteroatoms. The fraction of sp³-hybridized carbons (Fsp3) is 0.333. The summed E-state index contributed by atoms with van der Waals surface area (Å²) >= 11 is 0. The van der Waals surface area contributed by atoms with Crippen LogP contribution in [0.4, 0.5) is 5.69 Å². The second-order valence-corrected chi connectivity index (χ2v) is 6.57. The maximum atomic E-state index is 12.3. The van der Waals surface area contributed by atoms with Gasteiger partial charge in [0, 0.05) is 33.4 Å². The van der Waals surface area contributed by atoms with Gasteiger partial charge in [-0.05, 0) is 42.3 Å². The Hall–Kier alpha value is -3.02. The number of esters is 1. The van der Waals surface area contributed by atoms with Gasteiger partial charge >= 0.3 is 5.97 Å². The second kappa shape index (κ2) is 9.07. The third-order valence-corrected chi connectivity index (χ3v) is 4.27. The number of hydrogen-bond acceptors (Lipinski definition) is 5. The second-order valence-electron chi connectivity index (χ2n) is 6.57. The molecule has 0 aliphatic heterocycles. The first-order chi connectivity index (χ1) is 12.8. The van der Waals surface area contributed by atoms with Crippen LogP contribution in [0.5, 0.6) is 5.75 Å². The number of ether oxygens (including phenoxy) is 2. The van der Waals surface area contributed by atoms with Crippen molar-refractivity contribution in [1.29, 1.82) is 0 Å². The Kier molecular flexibility index (Phi) is 6.82. The van der Waals surface area contributed by atoms with Crippen LogP contribution in [0.1, 0.15) is 21.5 Å². The van der Waals surface area contributed by atoms with Gasteiger partial charge in [-0.15, -0.1) is 0 Å². The molecule has 2 aromatic rings. The fourth-order valence-electron chi connectivity index (χ4n) is 2.53. The van der Waals surface area contributed by atoms with E-state index in [2.05, 4.69) is 0 Å². The highest BCUT2D eigenvalue weighted by Gasteiger charge is 2.15. The van der Waals surface area contributed by atoms with Crippen molar-refractivity contribution in [3.8, 4) is 5.75 Å². The predicted molar refractivity (Wildman–Crippen MR) is 105 cm³/mol. The Bertz CT molecular complexity index is 800. The van der Waals surface area contributed by atoms with E-state index in [0.29, 0.717) is 17.9 Å². The minimum atomic E-state index is -0.551. The van der Waals surface area contributed by atoms with Crippen molar-refractivity contribution in [3.05, 3.63) is 59.2 Å². The van der Waals surface area contributed by atoms with Crippen LogP contribution in [0.25, 0.3) is 0 Å². The summed E-state index contributed by atoms with van der Waals surface area (Å²) in [6.45, 7) is 2.03. The fourth-order valence-corrected chi connectivity index (χ4v) is 2.53. The molecule has 0 aliphatic rings. The zero-order chi connectivity index (χ0) is 20.0. The van der Waals surface area contributed by atoms with E-state index in [1.165, 1.54) is 4.90 Å². The zero-order valence-corrected chi connectivity index (χ0v) is 16.5. The molecule has 0 atom stereocenters. The highest BCUT2D eigenvalue weighted by Crippen LogP contribution is 2.19. The van der Waals surface area contributed by atoms with E-state index in [1.807, 2.05) is 50.2 Å². The number of rotatable bonds is 7. The molecule has 0 aliphatic carbocycles. The summed E-state index contributed by atoms with van der Waals surface area (Å²) in [4.78, 5) is 28.0. The summed E-state index contributed by atoms with van der Waals surface area (Å²) in [7, 11) is 7.18. The van der Waals surface area contributed by atoms with E-state index in [9.17, 15) is 9.59 Å². The van der Waals surface area contributed by atoms with Crippen LogP contribution in [0.15, 0.2) is 42.5 Å².